The zero-order valence-corrected chi connectivity index (χ0v) is 16.1. The number of carbonyl (C=O) groups is 1. The van der Waals surface area contributed by atoms with Gasteiger partial charge in [-0.15, -0.1) is 0 Å². The number of para-hydroxylation sites is 1. The van der Waals surface area contributed by atoms with Crippen molar-refractivity contribution in [2.75, 3.05) is 7.11 Å². The molecule has 0 fully saturated rings. The Hall–Kier alpha value is -3.45. The van der Waals surface area contributed by atoms with Crippen LogP contribution in [0.2, 0.25) is 0 Å². The molecule has 0 aliphatic carbocycles. The van der Waals surface area contributed by atoms with Crippen LogP contribution >= 0.6 is 11.3 Å². The molecule has 2 aromatic carbocycles. The van der Waals surface area contributed by atoms with Crippen molar-refractivity contribution in [3.05, 3.63) is 69.3 Å². The fraction of sp³-hybridized carbons (Fsp3) is 0.0952. The molecule has 6 nitrogen and oxygen atoms in total. The van der Waals surface area contributed by atoms with Crippen LogP contribution in [0.15, 0.2) is 58.5 Å². The molecule has 7 heteroatoms. The first-order valence-electron chi connectivity index (χ1n) is 8.54. The van der Waals surface area contributed by atoms with Crippen LogP contribution in [-0.2, 0) is 11.8 Å². The molecule has 0 amide bonds. The van der Waals surface area contributed by atoms with Crippen molar-refractivity contribution in [3.63, 3.8) is 0 Å². The summed E-state index contributed by atoms with van der Waals surface area (Å²) in [6.07, 6.45) is 3.71. The maximum atomic E-state index is 11.5. The molecule has 0 spiro atoms. The third-order valence-corrected chi connectivity index (χ3v) is 5.45. The maximum absolute atomic E-state index is 11.5. The van der Waals surface area contributed by atoms with E-state index in [4.69, 9.17) is 4.74 Å². The summed E-state index contributed by atoms with van der Waals surface area (Å²) < 4.78 is 6.33. The summed E-state index contributed by atoms with van der Waals surface area (Å²) in [6.45, 7) is 0. The number of methoxy groups -OCH3 is 1. The normalized spacial score (nSPS) is 14.5. The first-order chi connectivity index (χ1) is 13.6. The molecule has 0 saturated heterocycles. The first kappa shape index (κ1) is 17.9. The molecule has 0 unspecified atom stereocenters. The molecular formula is C21H17N3O3S. The highest BCUT2D eigenvalue weighted by Gasteiger charge is 2.14. The largest absolute Gasteiger partial charge is 0.493 e. The Morgan fingerprint density at radius 3 is 2.71 bits per heavy atom. The minimum absolute atomic E-state index is 0.139. The lowest BCUT2D eigenvalue weighted by atomic mass is 10.1. The smallest absolute Gasteiger partial charge is 0.337 e. The van der Waals surface area contributed by atoms with Gasteiger partial charge in [0.15, 0.2) is 4.80 Å². The average Bonchev–Trinajstić information content (AvgIpc) is 3.25. The molecular weight excluding hydrogens is 374 g/mol. The van der Waals surface area contributed by atoms with Crippen molar-refractivity contribution in [3.8, 4) is 5.88 Å². The molecule has 0 bridgehead atoms. The molecule has 3 aromatic rings. The molecule has 0 radical (unpaired) electrons. The molecule has 140 valence electrons. The van der Waals surface area contributed by atoms with Gasteiger partial charge in [0.05, 0.1) is 28.9 Å². The van der Waals surface area contributed by atoms with Gasteiger partial charge in [-0.2, -0.15) is 0 Å². The Balaban J connectivity index is 1.70. The molecule has 1 aromatic heterocycles. The number of hydrogen-bond donors (Lipinski definition) is 1. The highest BCUT2D eigenvalue weighted by molar-refractivity contribution is 7.10. The number of aliphatic imine (C=N–C) groups is 1. The van der Waals surface area contributed by atoms with Crippen LogP contribution in [0, 0.1) is 0 Å². The van der Waals surface area contributed by atoms with Crippen LogP contribution in [-0.4, -0.2) is 29.0 Å². The van der Waals surface area contributed by atoms with Gasteiger partial charge in [-0.1, -0.05) is 29.5 Å². The Morgan fingerprint density at radius 2 is 1.96 bits per heavy atom. The maximum Gasteiger partial charge on any atom is 0.337 e. The molecule has 1 aliphatic rings. The second-order valence-electron chi connectivity index (χ2n) is 6.16. The van der Waals surface area contributed by atoms with E-state index in [2.05, 4.69) is 9.98 Å². The predicted molar refractivity (Wildman–Crippen MR) is 110 cm³/mol. The number of thiazole rings is 1. The van der Waals surface area contributed by atoms with Crippen molar-refractivity contribution >= 4 is 46.5 Å². The van der Waals surface area contributed by atoms with Crippen molar-refractivity contribution in [2.24, 2.45) is 17.0 Å². The standard InChI is InChI=1S/C21H17N3O3S/c1-24-19(25)18(11-14-12-22-17-6-4-3-5-16(14)17)28-21(24)23-15-9-7-13(8-10-15)20(26)27-2/h3-12,25H,1-2H3/b14-11-,23-21?. The highest BCUT2D eigenvalue weighted by Crippen LogP contribution is 2.34. The van der Waals surface area contributed by atoms with Crippen LogP contribution < -0.4 is 4.80 Å². The van der Waals surface area contributed by atoms with E-state index in [9.17, 15) is 9.90 Å². The minimum Gasteiger partial charge on any atom is -0.493 e. The number of allylic oxidation sites excluding steroid dienone is 1. The van der Waals surface area contributed by atoms with Crippen LogP contribution in [0.5, 0.6) is 5.88 Å². The van der Waals surface area contributed by atoms with Crippen LogP contribution in [0.1, 0.15) is 20.8 Å². The third-order valence-electron chi connectivity index (χ3n) is 4.38. The zero-order chi connectivity index (χ0) is 19.7. The highest BCUT2D eigenvalue weighted by atomic mass is 32.1. The lowest BCUT2D eigenvalue weighted by Gasteiger charge is -1.99. The molecule has 1 aliphatic heterocycles. The summed E-state index contributed by atoms with van der Waals surface area (Å²) >= 11 is 1.37. The lowest BCUT2D eigenvalue weighted by Crippen LogP contribution is -2.08. The number of ether oxygens (including phenoxy) is 1. The van der Waals surface area contributed by atoms with E-state index in [-0.39, 0.29) is 5.88 Å². The predicted octanol–water partition coefficient (Wildman–Crippen LogP) is 4.07. The van der Waals surface area contributed by atoms with Crippen molar-refractivity contribution in [1.82, 2.24) is 4.57 Å². The molecule has 28 heavy (non-hydrogen) atoms. The summed E-state index contributed by atoms with van der Waals surface area (Å²) in [5, 5.41) is 10.5. The molecule has 0 atom stereocenters. The number of benzene rings is 2. The molecule has 1 N–H and O–H groups in total. The van der Waals surface area contributed by atoms with Gasteiger partial charge in [-0.05, 0) is 36.4 Å². The number of hydrogen-bond acceptors (Lipinski definition) is 6. The SMILES string of the molecule is COC(=O)c1ccc(N=c2sc(/C=C3/C=Nc4ccccc43)c(O)n2C)cc1. The molecule has 4 rings (SSSR count). The van der Waals surface area contributed by atoms with Crippen LogP contribution in [0.25, 0.3) is 11.6 Å². The van der Waals surface area contributed by atoms with Crippen LogP contribution in [0.4, 0.5) is 11.4 Å². The van der Waals surface area contributed by atoms with E-state index >= 15 is 0 Å². The van der Waals surface area contributed by atoms with Crippen LogP contribution in [0.3, 0.4) is 0 Å². The summed E-state index contributed by atoms with van der Waals surface area (Å²) in [5.41, 5.74) is 4.04. The number of nitrogens with zero attached hydrogens (tertiary/aromatic N) is 3. The van der Waals surface area contributed by atoms with Gasteiger partial charge in [0.2, 0.25) is 5.88 Å². The fourth-order valence-electron chi connectivity index (χ4n) is 2.86. The third kappa shape index (κ3) is 3.27. The Labute approximate surface area is 165 Å². The minimum atomic E-state index is -0.390. The fourth-order valence-corrected chi connectivity index (χ4v) is 3.84. The quantitative estimate of drug-likeness (QED) is 0.684. The van der Waals surface area contributed by atoms with E-state index < -0.39 is 5.97 Å². The second-order valence-corrected chi connectivity index (χ2v) is 7.17. The summed E-state index contributed by atoms with van der Waals surface area (Å²) in [7, 11) is 3.10. The Kier molecular flexibility index (Phi) is 4.67. The monoisotopic (exact) mass is 391 g/mol. The number of aromatic nitrogens is 1. The summed E-state index contributed by atoms with van der Waals surface area (Å²) in [5.74, 6) is -0.251. The number of aromatic hydroxyl groups is 1. The van der Waals surface area contributed by atoms with Gasteiger partial charge in [-0.25, -0.2) is 9.79 Å². The number of fused-ring (bicyclic) bond motifs is 1. The van der Waals surface area contributed by atoms with Crippen molar-refractivity contribution in [1.29, 1.82) is 0 Å². The van der Waals surface area contributed by atoms with Gasteiger partial charge < -0.3 is 9.84 Å². The Bertz CT molecular complexity index is 1180. The van der Waals surface area contributed by atoms with E-state index in [1.165, 1.54) is 18.4 Å². The van der Waals surface area contributed by atoms with Crippen molar-refractivity contribution < 1.29 is 14.6 Å². The number of esters is 1. The topological polar surface area (TPSA) is 76.2 Å². The van der Waals surface area contributed by atoms with Gasteiger partial charge in [0, 0.05) is 24.4 Å². The molecule has 0 saturated carbocycles. The van der Waals surface area contributed by atoms with E-state index in [1.807, 2.05) is 30.3 Å². The first-order valence-corrected chi connectivity index (χ1v) is 9.35. The van der Waals surface area contributed by atoms with Gasteiger partial charge >= 0.3 is 5.97 Å². The van der Waals surface area contributed by atoms with Gasteiger partial charge in [0.1, 0.15) is 0 Å². The van der Waals surface area contributed by atoms with E-state index in [0.29, 0.717) is 20.9 Å². The second kappa shape index (κ2) is 7.28. The van der Waals surface area contributed by atoms with Gasteiger partial charge in [-0.3, -0.25) is 9.56 Å². The Morgan fingerprint density at radius 1 is 1.21 bits per heavy atom. The zero-order valence-electron chi connectivity index (χ0n) is 15.3. The number of carbonyl (C=O) groups excluding carboxylic acids is 1. The lowest BCUT2D eigenvalue weighted by molar-refractivity contribution is 0.0601. The average molecular weight is 391 g/mol. The van der Waals surface area contributed by atoms with E-state index in [0.717, 1.165) is 16.8 Å². The van der Waals surface area contributed by atoms with Gasteiger partial charge in [0.25, 0.3) is 0 Å². The van der Waals surface area contributed by atoms with Crippen molar-refractivity contribution in [2.45, 2.75) is 0 Å². The molecule has 2 heterocycles. The van der Waals surface area contributed by atoms with E-state index in [1.54, 1.807) is 42.1 Å². The summed E-state index contributed by atoms with van der Waals surface area (Å²) in [6, 6.07) is 14.7. The summed E-state index contributed by atoms with van der Waals surface area (Å²) in [4.78, 5) is 21.8. The number of rotatable bonds is 3.